The second-order valence-electron chi connectivity index (χ2n) is 5.33. The molecule has 0 spiro atoms. The summed E-state index contributed by atoms with van der Waals surface area (Å²) in [6, 6.07) is 7.39. The Morgan fingerprint density at radius 2 is 2.22 bits per heavy atom. The van der Waals surface area contributed by atoms with Crippen molar-refractivity contribution in [3.05, 3.63) is 29.3 Å². The molecule has 0 aliphatic carbocycles. The molecule has 0 radical (unpaired) electrons. The van der Waals surface area contributed by atoms with E-state index in [0.717, 1.165) is 31.8 Å². The van der Waals surface area contributed by atoms with Crippen molar-refractivity contribution in [3.8, 4) is 5.75 Å². The van der Waals surface area contributed by atoms with Crippen molar-refractivity contribution in [2.45, 2.75) is 44.9 Å². The van der Waals surface area contributed by atoms with Gasteiger partial charge in [-0.1, -0.05) is 12.1 Å². The van der Waals surface area contributed by atoms with Crippen molar-refractivity contribution in [1.82, 2.24) is 5.32 Å². The van der Waals surface area contributed by atoms with Gasteiger partial charge in [0.1, 0.15) is 5.75 Å². The molecule has 1 aromatic rings. The van der Waals surface area contributed by atoms with Gasteiger partial charge in [-0.05, 0) is 37.5 Å². The minimum Gasteiger partial charge on any atom is -0.493 e. The van der Waals surface area contributed by atoms with Crippen LogP contribution in [0.1, 0.15) is 37.4 Å². The summed E-state index contributed by atoms with van der Waals surface area (Å²) in [5.41, 5.74) is 2.69. The highest BCUT2D eigenvalue weighted by molar-refractivity contribution is 5.40. The molecule has 1 aromatic carbocycles. The fraction of sp³-hybridized carbons (Fsp3) is 0.600. The van der Waals surface area contributed by atoms with Gasteiger partial charge in [-0.3, -0.25) is 0 Å². The van der Waals surface area contributed by atoms with Crippen LogP contribution in [0.4, 0.5) is 0 Å². The molecule has 0 amide bonds. The smallest absolute Gasteiger partial charge is 0.122 e. The normalized spacial score (nSPS) is 27.9. The lowest BCUT2D eigenvalue weighted by Crippen LogP contribution is -2.36. The van der Waals surface area contributed by atoms with Crippen LogP contribution in [-0.4, -0.2) is 25.4 Å². The van der Waals surface area contributed by atoms with Gasteiger partial charge in [0.05, 0.1) is 12.7 Å². The summed E-state index contributed by atoms with van der Waals surface area (Å²) in [5, 5.41) is 3.67. The van der Waals surface area contributed by atoms with Crippen LogP contribution in [0.25, 0.3) is 0 Å². The third-order valence-corrected chi connectivity index (χ3v) is 4.05. The van der Waals surface area contributed by atoms with Crippen LogP contribution < -0.4 is 10.1 Å². The topological polar surface area (TPSA) is 30.5 Å². The summed E-state index contributed by atoms with van der Waals surface area (Å²) >= 11 is 0. The molecule has 18 heavy (non-hydrogen) atoms. The molecule has 2 aliphatic rings. The maximum Gasteiger partial charge on any atom is 0.122 e. The Balaban J connectivity index is 1.70. The minimum absolute atomic E-state index is 0.324. The molecule has 3 nitrogen and oxygen atoms in total. The van der Waals surface area contributed by atoms with Gasteiger partial charge in [0, 0.05) is 25.1 Å². The van der Waals surface area contributed by atoms with E-state index < -0.39 is 0 Å². The first-order chi connectivity index (χ1) is 8.74. The number of hydrogen-bond donors (Lipinski definition) is 1. The van der Waals surface area contributed by atoms with Crippen LogP contribution in [-0.2, 0) is 11.2 Å². The molecule has 1 saturated heterocycles. The van der Waals surface area contributed by atoms with E-state index in [0.29, 0.717) is 18.2 Å². The minimum atomic E-state index is 0.324. The molecule has 0 aromatic heterocycles. The molecule has 3 atom stereocenters. The average molecular weight is 247 g/mol. The van der Waals surface area contributed by atoms with Crippen LogP contribution in [0.3, 0.4) is 0 Å². The molecule has 0 saturated carbocycles. The summed E-state index contributed by atoms with van der Waals surface area (Å²) in [7, 11) is 0. The predicted octanol–water partition coefficient (Wildman–Crippen LogP) is 2.45. The second-order valence-corrected chi connectivity index (χ2v) is 5.33. The first kappa shape index (κ1) is 12.0. The summed E-state index contributed by atoms with van der Waals surface area (Å²) in [5.74, 6) is 1.06. The van der Waals surface area contributed by atoms with Crippen molar-refractivity contribution in [3.63, 3.8) is 0 Å². The van der Waals surface area contributed by atoms with Gasteiger partial charge < -0.3 is 14.8 Å². The summed E-state index contributed by atoms with van der Waals surface area (Å²) < 4.78 is 11.1. The monoisotopic (exact) mass is 247 g/mol. The molecule has 0 bridgehead atoms. The maximum atomic E-state index is 5.59. The maximum absolute atomic E-state index is 5.59. The fourth-order valence-corrected chi connectivity index (χ4v) is 2.84. The number of nitrogens with one attached hydrogen (secondary N) is 1. The first-order valence-electron chi connectivity index (χ1n) is 6.87. The van der Waals surface area contributed by atoms with E-state index in [1.54, 1.807) is 0 Å². The molecule has 3 heteroatoms. The van der Waals surface area contributed by atoms with E-state index in [2.05, 4.69) is 37.4 Å². The standard InChI is InChI=1S/C15H21NO2/c1-10(16-14-6-8-17-11(14)2)12-3-4-15-13(9-12)5-7-18-15/h3-4,9-11,14,16H,5-8H2,1-2H3. The fourth-order valence-electron chi connectivity index (χ4n) is 2.84. The Kier molecular flexibility index (Phi) is 3.27. The molecule has 98 valence electrons. The zero-order valence-corrected chi connectivity index (χ0v) is 11.1. The predicted molar refractivity (Wildman–Crippen MR) is 71.0 cm³/mol. The molecule has 2 aliphatic heterocycles. The van der Waals surface area contributed by atoms with Crippen LogP contribution in [0.15, 0.2) is 18.2 Å². The molecule has 1 N–H and O–H groups in total. The lowest BCUT2D eigenvalue weighted by atomic mass is 10.0. The van der Waals surface area contributed by atoms with E-state index in [9.17, 15) is 0 Å². The average Bonchev–Trinajstić information content (AvgIpc) is 2.98. The molecule has 3 unspecified atom stereocenters. The number of rotatable bonds is 3. The summed E-state index contributed by atoms with van der Waals surface area (Å²) in [6.07, 6.45) is 2.48. The van der Waals surface area contributed by atoms with Crippen LogP contribution in [0, 0.1) is 0 Å². The van der Waals surface area contributed by atoms with Gasteiger partial charge in [0.15, 0.2) is 0 Å². The highest BCUT2D eigenvalue weighted by Gasteiger charge is 2.25. The van der Waals surface area contributed by atoms with Gasteiger partial charge in [0.2, 0.25) is 0 Å². The number of ether oxygens (including phenoxy) is 2. The molecule has 3 rings (SSSR count). The van der Waals surface area contributed by atoms with Crippen molar-refractivity contribution in [2.24, 2.45) is 0 Å². The zero-order chi connectivity index (χ0) is 12.5. The van der Waals surface area contributed by atoms with Crippen LogP contribution in [0.5, 0.6) is 5.75 Å². The Labute approximate surface area is 108 Å². The van der Waals surface area contributed by atoms with Gasteiger partial charge in [0.25, 0.3) is 0 Å². The van der Waals surface area contributed by atoms with E-state index in [4.69, 9.17) is 9.47 Å². The lowest BCUT2D eigenvalue weighted by molar-refractivity contribution is 0.111. The van der Waals surface area contributed by atoms with Gasteiger partial charge in [-0.25, -0.2) is 0 Å². The van der Waals surface area contributed by atoms with Crippen LogP contribution in [0.2, 0.25) is 0 Å². The molecular weight excluding hydrogens is 226 g/mol. The van der Waals surface area contributed by atoms with Crippen molar-refractivity contribution >= 4 is 0 Å². The SMILES string of the molecule is CC(NC1CCOC1C)c1ccc2c(c1)CCO2. The Morgan fingerprint density at radius 3 is 3.00 bits per heavy atom. The van der Waals surface area contributed by atoms with E-state index in [1.807, 2.05) is 0 Å². The van der Waals surface area contributed by atoms with E-state index >= 15 is 0 Å². The highest BCUT2D eigenvalue weighted by Crippen LogP contribution is 2.28. The first-order valence-corrected chi connectivity index (χ1v) is 6.87. The Hall–Kier alpha value is -1.06. The number of hydrogen-bond acceptors (Lipinski definition) is 3. The van der Waals surface area contributed by atoms with Gasteiger partial charge in [-0.15, -0.1) is 0 Å². The van der Waals surface area contributed by atoms with E-state index in [-0.39, 0.29) is 0 Å². The molecule has 1 fully saturated rings. The quantitative estimate of drug-likeness (QED) is 0.890. The molecule has 2 heterocycles. The van der Waals surface area contributed by atoms with Gasteiger partial charge in [-0.2, -0.15) is 0 Å². The summed E-state index contributed by atoms with van der Waals surface area (Å²) in [4.78, 5) is 0. The van der Waals surface area contributed by atoms with Gasteiger partial charge >= 0.3 is 0 Å². The lowest BCUT2D eigenvalue weighted by Gasteiger charge is -2.22. The molecular formula is C15H21NO2. The van der Waals surface area contributed by atoms with Crippen molar-refractivity contribution in [1.29, 1.82) is 0 Å². The Morgan fingerprint density at radius 1 is 1.33 bits per heavy atom. The third kappa shape index (κ3) is 2.25. The van der Waals surface area contributed by atoms with E-state index in [1.165, 1.54) is 11.1 Å². The largest absolute Gasteiger partial charge is 0.493 e. The van der Waals surface area contributed by atoms with Crippen LogP contribution >= 0.6 is 0 Å². The number of benzene rings is 1. The number of fused-ring (bicyclic) bond motifs is 1. The highest BCUT2D eigenvalue weighted by atomic mass is 16.5. The second kappa shape index (κ2) is 4.90. The zero-order valence-electron chi connectivity index (χ0n) is 11.1. The third-order valence-electron chi connectivity index (χ3n) is 4.05. The van der Waals surface area contributed by atoms with Crippen molar-refractivity contribution < 1.29 is 9.47 Å². The summed E-state index contributed by atoms with van der Waals surface area (Å²) in [6.45, 7) is 6.08. The van der Waals surface area contributed by atoms with Crippen molar-refractivity contribution in [2.75, 3.05) is 13.2 Å². The Bertz CT molecular complexity index is 433.